The third kappa shape index (κ3) is 7.27. The van der Waals surface area contributed by atoms with Crippen molar-refractivity contribution in [2.24, 2.45) is 0 Å². The SMILES string of the molecule is CCCNC(=O)CCNC(=O)c1cc(OC)c(OC)cc1NS(=O)(=O)c1ccc(OCC)cc1. The number of rotatable bonds is 13. The summed E-state index contributed by atoms with van der Waals surface area (Å²) in [6.45, 7) is 4.85. The molecule has 0 aromatic heterocycles. The van der Waals surface area contributed by atoms with Gasteiger partial charge in [0.05, 0.1) is 37.0 Å². The molecule has 10 nitrogen and oxygen atoms in total. The lowest BCUT2D eigenvalue weighted by Crippen LogP contribution is -2.31. The molecule has 0 saturated heterocycles. The molecule has 0 saturated carbocycles. The highest BCUT2D eigenvalue weighted by molar-refractivity contribution is 7.92. The monoisotopic (exact) mass is 493 g/mol. The summed E-state index contributed by atoms with van der Waals surface area (Å²) in [5.41, 5.74) is 0.0144. The quantitative estimate of drug-likeness (QED) is 0.391. The van der Waals surface area contributed by atoms with Gasteiger partial charge in [0.25, 0.3) is 15.9 Å². The van der Waals surface area contributed by atoms with Crippen molar-refractivity contribution in [1.29, 1.82) is 0 Å². The highest BCUT2D eigenvalue weighted by Gasteiger charge is 2.22. The van der Waals surface area contributed by atoms with Crippen molar-refractivity contribution in [3.8, 4) is 17.2 Å². The maximum Gasteiger partial charge on any atom is 0.261 e. The largest absolute Gasteiger partial charge is 0.494 e. The standard InChI is InChI=1S/C23H31N3O7S/c1-5-12-24-22(27)11-13-25-23(28)18-14-20(31-3)21(32-4)15-19(18)26-34(29,30)17-9-7-16(8-10-17)33-6-2/h7-10,14-15,26H,5-6,11-13H2,1-4H3,(H,24,27)(H,25,28). The van der Waals surface area contributed by atoms with E-state index in [0.717, 1.165) is 6.42 Å². The molecule has 0 radical (unpaired) electrons. The molecule has 186 valence electrons. The van der Waals surface area contributed by atoms with E-state index in [2.05, 4.69) is 15.4 Å². The molecule has 11 heteroatoms. The fourth-order valence-electron chi connectivity index (χ4n) is 2.97. The fraction of sp³-hybridized carbons (Fsp3) is 0.391. The summed E-state index contributed by atoms with van der Waals surface area (Å²) in [6, 6.07) is 8.65. The summed E-state index contributed by atoms with van der Waals surface area (Å²) in [5.74, 6) is 0.259. The molecule has 0 bridgehead atoms. The Morgan fingerprint density at radius 3 is 2.15 bits per heavy atom. The zero-order chi connectivity index (χ0) is 25.1. The Morgan fingerprint density at radius 1 is 0.912 bits per heavy atom. The highest BCUT2D eigenvalue weighted by Crippen LogP contribution is 2.34. The highest BCUT2D eigenvalue weighted by atomic mass is 32.2. The molecule has 0 heterocycles. The lowest BCUT2D eigenvalue weighted by Gasteiger charge is -2.16. The summed E-state index contributed by atoms with van der Waals surface area (Å²) in [7, 11) is -1.23. The van der Waals surface area contributed by atoms with Crippen molar-refractivity contribution in [2.45, 2.75) is 31.6 Å². The van der Waals surface area contributed by atoms with Crippen molar-refractivity contribution >= 4 is 27.5 Å². The van der Waals surface area contributed by atoms with Crippen LogP contribution in [-0.4, -0.2) is 54.1 Å². The van der Waals surface area contributed by atoms with Crippen LogP contribution in [-0.2, 0) is 14.8 Å². The van der Waals surface area contributed by atoms with Crippen LogP contribution in [0.25, 0.3) is 0 Å². The number of carbonyl (C=O) groups excluding carboxylic acids is 2. The van der Waals surface area contributed by atoms with E-state index < -0.39 is 15.9 Å². The lowest BCUT2D eigenvalue weighted by molar-refractivity contribution is -0.120. The summed E-state index contributed by atoms with van der Waals surface area (Å²) in [4.78, 5) is 24.6. The minimum atomic E-state index is -4.04. The van der Waals surface area contributed by atoms with Gasteiger partial charge in [0, 0.05) is 25.6 Å². The second-order valence-corrected chi connectivity index (χ2v) is 8.80. The van der Waals surface area contributed by atoms with Crippen molar-refractivity contribution in [3.63, 3.8) is 0 Å². The van der Waals surface area contributed by atoms with Crippen LogP contribution in [0.1, 0.15) is 37.0 Å². The van der Waals surface area contributed by atoms with Crippen molar-refractivity contribution in [3.05, 3.63) is 42.0 Å². The minimum Gasteiger partial charge on any atom is -0.494 e. The Kier molecular flexibility index (Phi) is 9.99. The van der Waals surface area contributed by atoms with Gasteiger partial charge < -0.3 is 24.8 Å². The van der Waals surface area contributed by atoms with Crippen LogP contribution in [0.4, 0.5) is 5.69 Å². The van der Waals surface area contributed by atoms with E-state index in [1.165, 1.54) is 38.5 Å². The van der Waals surface area contributed by atoms with Gasteiger partial charge in [-0.25, -0.2) is 8.42 Å². The van der Waals surface area contributed by atoms with E-state index in [4.69, 9.17) is 14.2 Å². The average molecular weight is 494 g/mol. The first kappa shape index (κ1) is 26.8. The third-order valence-electron chi connectivity index (χ3n) is 4.67. The first-order valence-electron chi connectivity index (χ1n) is 10.8. The molecule has 0 aliphatic carbocycles. The maximum atomic E-state index is 13.0. The number of methoxy groups -OCH3 is 2. The van der Waals surface area contributed by atoms with Crippen molar-refractivity contribution in [2.75, 3.05) is 38.6 Å². The van der Waals surface area contributed by atoms with Crippen molar-refractivity contribution in [1.82, 2.24) is 10.6 Å². The Hall–Kier alpha value is -3.47. The molecular weight excluding hydrogens is 462 g/mol. The molecular formula is C23H31N3O7S. The van der Waals surface area contributed by atoms with Gasteiger partial charge in [-0.1, -0.05) is 6.92 Å². The van der Waals surface area contributed by atoms with Crippen LogP contribution >= 0.6 is 0 Å². The van der Waals surface area contributed by atoms with Crippen molar-refractivity contribution < 1.29 is 32.2 Å². The van der Waals surface area contributed by atoms with Gasteiger partial charge in [0.15, 0.2) is 11.5 Å². The Bertz CT molecular complexity index is 1090. The van der Waals surface area contributed by atoms with Crippen LogP contribution in [0.3, 0.4) is 0 Å². The van der Waals surface area contributed by atoms with Gasteiger partial charge in [-0.2, -0.15) is 0 Å². The number of sulfonamides is 1. The molecule has 34 heavy (non-hydrogen) atoms. The summed E-state index contributed by atoms with van der Waals surface area (Å²) >= 11 is 0. The van der Waals surface area contributed by atoms with E-state index in [0.29, 0.717) is 18.9 Å². The molecule has 0 aliphatic heterocycles. The van der Waals surface area contributed by atoms with E-state index >= 15 is 0 Å². The zero-order valence-electron chi connectivity index (χ0n) is 19.8. The Labute approximate surface area is 200 Å². The number of nitrogens with one attached hydrogen (secondary N) is 3. The second-order valence-electron chi connectivity index (χ2n) is 7.12. The topological polar surface area (TPSA) is 132 Å². The number of hydrogen-bond donors (Lipinski definition) is 3. The van der Waals surface area contributed by atoms with E-state index in [-0.39, 0.29) is 46.5 Å². The molecule has 2 rings (SSSR count). The molecule has 0 spiro atoms. The molecule has 2 aromatic carbocycles. The van der Waals surface area contributed by atoms with Gasteiger partial charge >= 0.3 is 0 Å². The molecule has 3 N–H and O–H groups in total. The van der Waals surface area contributed by atoms with Gasteiger partial charge in [0.2, 0.25) is 5.91 Å². The molecule has 2 amide bonds. The first-order valence-corrected chi connectivity index (χ1v) is 12.3. The number of amides is 2. The number of ether oxygens (including phenoxy) is 3. The van der Waals surface area contributed by atoms with Gasteiger partial charge in [-0.3, -0.25) is 14.3 Å². The van der Waals surface area contributed by atoms with Crippen LogP contribution in [0.15, 0.2) is 41.3 Å². The normalized spacial score (nSPS) is 10.8. The zero-order valence-corrected chi connectivity index (χ0v) is 20.6. The van der Waals surface area contributed by atoms with E-state index in [9.17, 15) is 18.0 Å². The Balaban J connectivity index is 2.29. The van der Waals surface area contributed by atoms with Gasteiger partial charge in [-0.05, 0) is 43.7 Å². The van der Waals surface area contributed by atoms with Crippen LogP contribution in [0, 0.1) is 0 Å². The number of hydrogen-bond acceptors (Lipinski definition) is 7. The lowest BCUT2D eigenvalue weighted by atomic mass is 10.1. The predicted molar refractivity (Wildman–Crippen MR) is 128 cm³/mol. The minimum absolute atomic E-state index is 0.000491. The fourth-order valence-corrected chi connectivity index (χ4v) is 4.04. The molecule has 0 atom stereocenters. The van der Waals surface area contributed by atoms with Gasteiger partial charge in [-0.15, -0.1) is 0 Å². The average Bonchev–Trinajstić information content (AvgIpc) is 2.82. The van der Waals surface area contributed by atoms with Crippen LogP contribution < -0.4 is 29.6 Å². The Morgan fingerprint density at radius 2 is 1.56 bits per heavy atom. The molecule has 0 aliphatic rings. The summed E-state index contributed by atoms with van der Waals surface area (Å²) in [5, 5.41) is 5.36. The van der Waals surface area contributed by atoms with E-state index in [1.807, 2.05) is 13.8 Å². The van der Waals surface area contributed by atoms with E-state index in [1.54, 1.807) is 12.1 Å². The second kappa shape index (κ2) is 12.7. The maximum absolute atomic E-state index is 13.0. The number of anilines is 1. The third-order valence-corrected chi connectivity index (χ3v) is 6.05. The molecule has 2 aromatic rings. The smallest absolute Gasteiger partial charge is 0.261 e. The number of carbonyl (C=O) groups is 2. The first-order chi connectivity index (χ1) is 16.2. The molecule has 0 fully saturated rings. The summed E-state index contributed by atoms with van der Waals surface area (Å²) in [6.07, 6.45) is 0.897. The predicted octanol–water partition coefficient (Wildman–Crippen LogP) is 2.55. The number of benzene rings is 2. The summed E-state index contributed by atoms with van der Waals surface area (Å²) < 4.78 is 44.3. The molecule has 0 unspecified atom stereocenters. The van der Waals surface area contributed by atoms with Gasteiger partial charge in [0.1, 0.15) is 5.75 Å². The van der Waals surface area contributed by atoms with Crippen LogP contribution in [0.5, 0.6) is 17.2 Å². The van der Waals surface area contributed by atoms with Crippen LogP contribution in [0.2, 0.25) is 0 Å².